The Morgan fingerprint density at radius 1 is 1.07 bits per heavy atom. The molecular weight excluding hydrogens is 366 g/mol. The number of carbonyl (C=O) groups is 1. The van der Waals surface area contributed by atoms with Crippen molar-refractivity contribution in [3.63, 3.8) is 0 Å². The molecule has 2 heterocycles. The number of nitrogens with zero attached hydrogens (tertiary/aromatic N) is 2. The lowest BCUT2D eigenvalue weighted by Crippen LogP contribution is -2.42. The number of carbonyl (C=O) groups excluding carboxylic acids is 1. The Labute approximate surface area is 159 Å². The van der Waals surface area contributed by atoms with E-state index in [1.54, 1.807) is 29.2 Å². The fourth-order valence-corrected chi connectivity index (χ4v) is 3.50. The van der Waals surface area contributed by atoms with Crippen molar-refractivity contribution in [3.8, 4) is 0 Å². The van der Waals surface area contributed by atoms with E-state index in [0.29, 0.717) is 17.1 Å². The van der Waals surface area contributed by atoms with E-state index in [1.165, 1.54) is 6.20 Å². The van der Waals surface area contributed by atoms with Crippen molar-refractivity contribution in [2.45, 2.75) is 13.0 Å². The number of halogens is 1. The second-order valence-corrected chi connectivity index (χ2v) is 6.73. The molecule has 0 atom stereocenters. The molecule has 2 aromatic carbocycles. The smallest absolute Gasteiger partial charge is 0.313 e. The number of rotatable bonds is 3. The summed E-state index contributed by atoms with van der Waals surface area (Å²) in [6.45, 7) is 0.493. The van der Waals surface area contributed by atoms with Gasteiger partial charge in [0.25, 0.3) is 11.5 Å². The number of nitrogens with one attached hydrogen (secondary N) is 1. The summed E-state index contributed by atoms with van der Waals surface area (Å²) in [6, 6.07) is 14.6. The average Bonchev–Trinajstić information content (AvgIpc) is 3.10. The SMILES string of the molecule is O=C(c1c[nH]c(=O)n(Cc2ccccc2Cl)c1=O)N1CCc2ccccc21. The molecule has 7 heteroatoms. The summed E-state index contributed by atoms with van der Waals surface area (Å²) in [4.78, 5) is 42.1. The number of fused-ring (bicyclic) bond motifs is 1. The molecule has 27 heavy (non-hydrogen) atoms. The van der Waals surface area contributed by atoms with Crippen LogP contribution in [0.5, 0.6) is 0 Å². The summed E-state index contributed by atoms with van der Waals surface area (Å²) in [5, 5.41) is 0.453. The van der Waals surface area contributed by atoms with Crippen molar-refractivity contribution in [2.75, 3.05) is 11.4 Å². The van der Waals surface area contributed by atoms with Crippen molar-refractivity contribution >= 4 is 23.2 Å². The minimum atomic E-state index is -0.631. The third kappa shape index (κ3) is 3.08. The predicted octanol–water partition coefficient (Wildman–Crippen LogP) is 2.44. The maximum Gasteiger partial charge on any atom is 0.328 e. The lowest BCUT2D eigenvalue weighted by molar-refractivity contribution is 0.0987. The molecule has 0 unspecified atom stereocenters. The highest BCUT2D eigenvalue weighted by atomic mass is 35.5. The fraction of sp³-hybridized carbons (Fsp3) is 0.150. The molecular formula is C20H16ClN3O3. The first kappa shape index (κ1) is 17.3. The van der Waals surface area contributed by atoms with Gasteiger partial charge in [0.15, 0.2) is 0 Å². The maximum atomic E-state index is 13.0. The monoisotopic (exact) mass is 381 g/mol. The van der Waals surface area contributed by atoms with Gasteiger partial charge in [-0.25, -0.2) is 4.79 Å². The van der Waals surface area contributed by atoms with E-state index in [9.17, 15) is 14.4 Å². The number of benzene rings is 2. The van der Waals surface area contributed by atoms with E-state index in [4.69, 9.17) is 11.6 Å². The van der Waals surface area contributed by atoms with Gasteiger partial charge in [-0.3, -0.25) is 14.2 Å². The van der Waals surface area contributed by atoms with Crippen LogP contribution in [0.15, 0.2) is 64.3 Å². The van der Waals surface area contributed by atoms with Gasteiger partial charge in [0.2, 0.25) is 0 Å². The molecule has 0 saturated carbocycles. The van der Waals surface area contributed by atoms with Gasteiger partial charge in [0.05, 0.1) is 6.54 Å². The van der Waals surface area contributed by atoms with Gasteiger partial charge < -0.3 is 9.88 Å². The van der Waals surface area contributed by atoms with E-state index in [1.807, 2.05) is 24.3 Å². The summed E-state index contributed by atoms with van der Waals surface area (Å²) in [5.41, 5.74) is 1.20. The summed E-state index contributed by atoms with van der Waals surface area (Å²) in [5.74, 6) is -0.422. The van der Waals surface area contributed by atoms with Crippen LogP contribution in [-0.4, -0.2) is 22.0 Å². The Kier molecular flexibility index (Phi) is 4.41. The average molecular weight is 382 g/mol. The number of aromatic amines is 1. The van der Waals surface area contributed by atoms with Crippen molar-refractivity contribution in [1.82, 2.24) is 9.55 Å². The highest BCUT2D eigenvalue weighted by molar-refractivity contribution is 6.31. The minimum absolute atomic E-state index is 0.00839. The van der Waals surface area contributed by atoms with E-state index >= 15 is 0 Å². The third-order valence-corrected chi connectivity index (χ3v) is 5.08. The molecule has 0 spiro atoms. The first-order chi connectivity index (χ1) is 13.1. The lowest BCUT2D eigenvalue weighted by Gasteiger charge is -2.17. The molecule has 1 aliphatic rings. The number of hydrogen-bond donors (Lipinski definition) is 1. The van der Waals surface area contributed by atoms with Gasteiger partial charge >= 0.3 is 5.69 Å². The topological polar surface area (TPSA) is 75.2 Å². The Morgan fingerprint density at radius 2 is 1.81 bits per heavy atom. The maximum absolute atomic E-state index is 13.0. The summed E-state index contributed by atoms with van der Waals surface area (Å²) in [6.07, 6.45) is 1.93. The Bertz CT molecular complexity index is 1150. The van der Waals surface area contributed by atoms with Crippen LogP contribution in [0.2, 0.25) is 5.02 Å². The number of amides is 1. The molecule has 1 aromatic heterocycles. The number of aromatic nitrogens is 2. The van der Waals surface area contributed by atoms with Crippen LogP contribution in [0.4, 0.5) is 5.69 Å². The fourth-order valence-electron chi connectivity index (χ4n) is 3.30. The molecule has 0 radical (unpaired) electrons. The molecule has 0 saturated heterocycles. The van der Waals surface area contributed by atoms with Crippen molar-refractivity contribution < 1.29 is 4.79 Å². The second kappa shape index (κ2) is 6.89. The van der Waals surface area contributed by atoms with Crippen molar-refractivity contribution in [1.29, 1.82) is 0 Å². The molecule has 0 bridgehead atoms. The highest BCUT2D eigenvalue weighted by Crippen LogP contribution is 2.28. The number of para-hydroxylation sites is 1. The van der Waals surface area contributed by atoms with Crippen LogP contribution in [0.1, 0.15) is 21.5 Å². The normalized spacial score (nSPS) is 12.9. The van der Waals surface area contributed by atoms with Crippen LogP contribution >= 0.6 is 11.6 Å². The van der Waals surface area contributed by atoms with E-state index < -0.39 is 17.2 Å². The molecule has 136 valence electrons. The Hall–Kier alpha value is -3.12. The Morgan fingerprint density at radius 3 is 2.63 bits per heavy atom. The highest BCUT2D eigenvalue weighted by Gasteiger charge is 2.27. The van der Waals surface area contributed by atoms with Crippen LogP contribution in [0, 0.1) is 0 Å². The Balaban J connectivity index is 1.73. The quantitative estimate of drug-likeness (QED) is 0.757. The zero-order chi connectivity index (χ0) is 19.0. The molecule has 6 nitrogen and oxygen atoms in total. The van der Waals surface area contributed by atoms with Crippen LogP contribution in [-0.2, 0) is 13.0 Å². The molecule has 0 aliphatic carbocycles. The molecule has 0 fully saturated rings. The number of hydrogen-bond acceptors (Lipinski definition) is 3. The second-order valence-electron chi connectivity index (χ2n) is 6.33. The van der Waals surface area contributed by atoms with Gasteiger partial charge in [-0.2, -0.15) is 0 Å². The molecule has 1 aliphatic heterocycles. The summed E-state index contributed by atoms with van der Waals surface area (Å²) in [7, 11) is 0. The predicted molar refractivity (Wildman–Crippen MR) is 104 cm³/mol. The molecule has 4 rings (SSSR count). The van der Waals surface area contributed by atoms with Gasteiger partial charge in [0.1, 0.15) is 5.56 Å². The zero-order valence-electron chi connectivity index (χ0n) is 14.3. The van der Waals surface area contributed by atoms with Gasteiger partial charge in [-0.15, -0.1) is 0 Å². The lowest BCUT2D eigenvalue weighted by atomic mass is 10.2. The van der Waals surface area contributed by atoms with E-state index in [0.717, 1.165) is 22.2 Å². The first-order valence-electron chi connectivity index (χ1n) is 8.52. The standard InChI is InChI=1S/C20H16ClN3O3/c21-16-7-3-1-6-14(16)12-24-19(26)15(11-22-20(24)27)18(25)23-10-9-13-5-2-4-8-17(13)23/h1-8,11H,9-10,12H2,(H,22,27). The van der Waals surface area contributed by atoms with Gasteiger partial charge in [0, 0.05) is 23.5 Å². The van der Waals surface area contributed by atoms with Crippen LogP contribution < -0.4 is 16.1 Å². The third-order valence-electron chi connectivity index (χ3n) is 4.71. The first-order valence-corrected chi connectivity index (χ1v) is 8.90. The number of anilines is 1. The summed E-state index contributed by atoms with van der Waals surface area (Å²) >= 11 is 6.14. The van der Waals surface area contributed by atoms with Crippen molar-refractivity contribution in [3.05, 3.63) is 97.3 Å². The molecule has 3 aromatic rings. The molecule has 1 N–H and O–H groups in total. The van der Waals surface area contributed by atoms with E-state index in [2.05, 4.69) is 4.98 Å². The summed E-state index contributed by atoms with van der Waals surface area (Å²) < 4.78 is 0.996. The zero-order valence-corrected chi connectivity index (χ0v) is 15.1. The van der Waals surface area contributed by atoms with Crippen LogP contribution in [0.3, 0.4) is 0 Å². The number of H-pyrrole nitrogens is 1. The van der Waals surface area contributed by atoms with Gasteiger partial charge in [-0.05, 0) is 29.7 Å². The largest absolute Gasteiger partial charge is 0.328 e. The van der Waals surface area contributed by atoms with Crippen molar-refractivity contribution in [2.24, 2.45) is 0 Å². The van der Waals surface area contributed by atoms with Crippen LogP contribution in [0.25, 0.3) is 0 Å². The van der Waals surface area contributed by atoms with Gasteiger partial charge in [-0.1, -0.05) is 48.0 Å². The van der Waals surface area contributed by atoms with E-state index in [-0.39, 0.29) is 12.1 Å². The molecule has 1 amide bonds. The minimum Gasteiger partial charge on any atom is -0.313 e.